The number of aromatic nitrogens is 1. The average molecular weight is 212 g/mol. The minimum atomic E-state index is 0.692. The Kier molecular flexibility index (Phi) is 1.46. The first-order valence-corrected chi connectivity index (χ1v) is 4.08. The van der Waals surface area contributed by atoms with Gasteiger partial charge in [0, 0.05) is 6.20 Å². The maximum absolute atomic E-state index is 5.34. The fourth-order valence-corrected chi connectivity index (χ4v) is 1.40. The number of nitrogens with zero attached hydrogens (tertiary/aromatic N) is 1. The molecule has 0 aromatic carbocycles. The van der Waals surface area contributed by atoms with E-state index in [2.05, 4.69) is 20.9 Å². The number of furan rings is 1. The van der Waals surface area contributed by atoms with Gasteiger partial charge in [0.1, 0.15) is 5.76 Å². The highest BCUT2D eigenvalue weighted by molar-refractivity contribution is 9.10. The molecule has 0 aliphatic rings. The number of halogens is 1. The highest BCUT2D eigenvalue weighted by Gasteiger charge is 2.06. The summed E-state index contributed by atoms with van der Waals surface area (Å²) in [7, 11) is 0. The van der Waals surface area contributed by atoms with Gasteiger partial charge >= 0.3 is 0 Å². The van der Waals surface area contributed by atoms with E-state index in [1.165, 1.54) is 0 Å². The lowest BCUT2D eigenvalue weighted by atomic mass is 10.3. The summed E-state index contributed by atoms with van der Waals surface area (Å²) in [5.74, 6) is 0.874. The molecule has 3 heteroatoms. The minimum absolute atomic E-state index is 0.692. The molecule has 2 heterocycles. The Balaban J connectivity index is 2.92. The van der Waals surface area contributed by atoms with Crippen molar-refractivity contribution in [2.75, 3.05) is 0 Å². The smallest absolute Gasteiger partial charge is 0.227 e. The van der Waals surface area contributed by atoms with Crippen LogP contribution in [0.5, 0.6) is 0 Å². The van der Waals surface area contributed by atoms with Crippen LogP contribution in [-0.2, 0) is 0 Å². The van der Waals surface area contributed by atoms with Crippen LogP contribution < -0.4 is 0 Å². The normalized spacial score (nSPS) is 10.7. The van der Waals surface area contributed by atoms with E-state index >= 15 is 0 Å². The Morgan fingerprint density at radius 1 is 1.55 bits per heavy atom. The van der Waals surface area contributed by atoms with E-state index in [0.29, 0.717) is 5.71 Å². The van der Waals surface area contributed by atoms with Crippen molar-refractivity contribution >= 4 is 27.0 Å². The topological polar surface area (TPSA) is 26.0 Å². The van der Waals surface area contributed by atoms with Gasteiger partial charge < -0.3 is 4.42 Å². The van der Waals surface area contributed by atoms with Crippen molar-refractivity contribution in [1.29, 1.82) is 0 Å². The highest BCUT2D eigenvalue weighted by Crippen LogP contribution is 2.28. The molecule has 11 heavy (non-hydrogen) atoms. The predicted octanol–water partition coefficient (Wildman–Crippen LogP) is 2.90. The Bertz CT molecular complexity index is 394. The van der Waals surface area contributed by atoms with Crippen LogP contribution in [-0.4, -0.2) is 4.98 Å². The zero-order valence-corrected chi connectivity index (χ0v) is 7.55. The van der Waals surface area contributed by atoms with E-state index in [4.69, 9.17) is 4.42 Å². The molecule has 2 aromatic heterocycles. The van der Waals surface area contributed by atoms with Crippen LogP contribution in [0, 0.1) is 6.92 Å². The van der Waals surface area contributed by atoms with Crippen molar-refractivity contribution in [3.63, 3.8) is 0 Å². The third-order valence-electron chi connectivity index (χ3n) is 1.57. The Morgan fingerprint density at radius 3 is 3.09 bits per heavy atom. The number of hydrogen-bond acceptors (Lipinski definition) is 2. The summed E-state index contributed by atoms with van der Waals surface area (Å²) in [6.45, 7) is 1.91. The number of hydrogen-bond donors (Lipinski definition) is 0. The van der Waals surface area contributed by atoms with Gasteiger partial charge in [-0.2, -0.15) is 0 Å². The molecule has 0 fully saturated rings. The molecular formula is C8H6BrNO. The van der Waals surface area contributed by atoms with Crippen molar-refractivity contribution in [3.05, 3.63) is 28.6 Å². The zero-order valence-electron chi connectivity index (χ0n) is 5.97. The molecule has 0 radical (unpaired) electrons. The molecule has 0 spiro atoms. The van der Waals surface area contributed by atoms with Gasteiger partial charge in [0.05, 0.1) is 9.86 Å². The van der Waals surface area contributed by atoms with Gasteiger partial charge in [-0.05, 0) is 35.0 Å². The molecule has 2 rings (SSSR count). The second-order valence-corrected chi connectivity index (χ2v) is 3.12. The van der Waals surface area contributed by atoms with Crippen LogP contribution >= 0.6 is 15.9 Å². The second kappa shape index (κ2) is 2.34. The maximum Gasteiger partial charge on any atom is 0.227 e. The number of aryl methyl sites for hydroxylation is 1. The van der Waals surface area contributed by atoms with E-state index in [1.54, 1.807) is 6.20 Å². The maximum atomic E-state index is 5.34. The van der Waals surface area contributed by atoms with Crippen molar-refractivity contribution in [2.45, 2.75) is 6.92 Å². The number of fused-ring (bicyclic) bond motifs is 1. The van der Waals surface area contributed by atoms with Crippen molar-refractivity contribution < 1.29 is 4.42 Å². The van der Waals surface area contributed by atoms with E-state index in [9.17, 15) is 0 Å². The second-order valence-electron chi connectivity index (χ2n) is 2.33. The van der Waals surface area contributed by atoms with Crippen LogP contribution in [0.2, 0.25) is 0 Å². The summed E-state index contributed by atoms with van der Waals surface area (Å²) < 4.78 is 6.34. The summed E-state index contributed by atoms with van der Waals surface area (Å²) in [6, 6.07) is 3.87. The lowest BCUT2D eigenvalue weighted by molar-refractivity contribution is 0.565. The molecule has 0 N–H and O–H groups in total. The summed E-state index contributed by atoms with van der Waals surface area (Å²) in [5, 5.41) is 1.03. The first kappa shape index (κ1) is 6.85. The van der Waals surface area contributed by atoms with Gasteiger partial charge in [0.25, 0.3) is 0 Å². The molecule has 0 unspecified atom stereocenters. The molecule has 56 valence electrons. The summed E-state index contributed by atoms with van der Waals surface area (Å²) >= 11 is 3.42. The highest BCUT2D eigenvalue weighted by atomic mass is 79.9. The third kappa shape index (κ3) is 0.959. The summed E-state index contributed by atoms with van der Waals surface area (Å²) in [4.78, 5) is 4.07. The lowest BCUT2D eigenvalue weighted by Crippen LogP contribution is -1.68. The van der Waals surface area contributed by atoms with Crippen LogP contribution in [0.15, 0.2) is 27.2 Å². The molecule has 0 saturated carbocycles. The first-order chi connectivity index (χ1) is 5.29. The minimum Gasteiger partial charge on any atom is -0.442 e. The van der Waals surface area contributed by atoms with Gasteiger partial charge in [0.15, 0.2) is 0 Å². The van der Waals surface area contributed by atoms with E-state index in [-0.39, 0.29) is 0 Å². The van der Waals surface area contributed by atoms with Gasteiger partial charge in [0.2, 0.25) is 5.71 Å². The lowest BCUT2D eigenvalue weighted by Gasteiger charge is -1.83. The molecule has 0 saturated heterocycles. The first-order valence-electron chi connectivity index (χ1n) is 3.28. The van der Waals surface area contributed by atoms with Crippen molar-refractivity contribution in [2.24, 2.45) is 0 Å². The average Bonchev–Trinajstić information content (AvgIpc) is 2.30. The Labute approximate surface area is 72.4 Å². The number of pyridine rings is 1. The van der Waals surface area contributed by atoms with E-state index in [1.807, 2.05) is 19.1 Å². The van der Waals surface area contributed by atoms with Gasteiger partial charge in [-0.3, -0.25) is 0 Å². The molecule has 0 aliphatic heterocycles. The molecule has 2 nitrogen and oxygen atoms in total. The van der Waals surface area contributed by atoms with Crippen LogP contribution in [0.3, 0.4) is 0 Å². The Morgan fingerprint density at radius 2 is 2.36 bits per heavy atom. The summed E-state index contributed by atoms with van der Waals surface area (Å²) in [5.41, 5.74) is 0.692. The quantitative estimate of drug-likeness (QED) is 0.670. The molecule has 0 bridgehead atoms. The van der Waals surface area contributed by atoms with Crippen LogP contribution in [0.1, 0.15) is 5.76 Å². The fourth-order valence-electron chi connectivity index (χ4n) is 1.02. The summed E-state index contributed by atoms with van der Waals surface area (Å²) in [6.07, 6.45) is 1.72. The zero-order chi connectivity index (χ0) is 7.84. The van der Waals surface area contributed by atoms with Crippen molar-refractivity contribution in [1.82, 2.24) is 4.98 Å². The van der Waals surface area contributed by atoms with Crippen LogP contribution in [0.4, 0.5) is 0 Å². The van der Waals surface area contributed by atoms with Gasteiger partial charge in [-0.25, -0.2) is 4.98 Å². The fraction of sp³-hybridized carbons (Fsp3) is 0.125. The molecular weight excluding hydrogens is 206 g/mol. The standard InChI is InChI=1S/C8H6BrNO/c1-5-7(9)6-3-2-4-10-8(6)11-5/h2-4H,1H3. The van der Waals surface area contributed by atoms with Gasteiger partial charge in [-0.15, -0.1) is 0 Å². The predicted molar refractivity (Wildman–Crippen MR) is 46.4 cm³/mol. The van der Waals surface area contributed by atoms with Gasteiger partial charge in [-0.1, -0.05) is 0 Å². The monoisotopic (exact) mass is 211 g/mol. The largest absolute Gasteiger partial charge is 0.442 e. The third-order valence-corrected chi connectivity index (χ3v) is 2.55. The van der Waals surface area contributed by atoms with Crippen LogP contribution in [0.25, 0.3) is 11.1 Å². The Hall–Kier alpha value is -0.830. The molecule has 2 aromatic rings. The molecule has 0 atom stereocenters. The van der Waals surface area contributed by atoms with E-state index < -0.39 is 0 Å². The van der Waals surface area contributed by atoms with E-state index in [0.717, 1.165) is 15.6 Å². The molecule has 0 amide bonds. The SMILES string of the molecule is Cc1oc2ncccc2c1Br. The number of rotatable bonds is 0. The molecule has 0 aliphatic carbocycles. The van der Waals surface area contributed by atoms with Crippen molar-refractivity contribution in [3.8, 4) is 0 Å².